The maximum Gasteiger partial charge on any atom is 0.416 e. The molecule has 0 saturated heterocycles. The molecule has 0 atom stereocenters. The average Bonchev–Trinajstić information content (AvgIpc) is 2.45. The number of hydrogen-bond acceptors (Lipinski definition) is 0. The van der Waals surface area contributed by atoms with Gasteiger partial charge in [0.2, 0.25) is 0 Å². The second-order valence-electron chi connectivity index (χ2n) is 5.28. The molecule has 0 aromatic heterocycles. The van der Waals surface area contributed by atoms with E-state index < -0.39 is 11.7 Å². The van der Waals surface area contributed by atoms with Gasteiger partial charge in [-0.05, 0) is 44.9 Å². The minimum Gasteiger partial charge on any atom is -0.166 e. The Labute approximate surface area is 130 Å². The third-order valence-corrected chi connectivity index (χ3v) is 3.27. The van der Waals surface area contributed by atoms with Crippen molar-refractivity contribution < 1.29 is 13.2 Å². The van der Waals surface area contributed by atoms with Crippen molar-refractivity contribution in [3.63, 3.8) is 0 Å². The minimum absolute atomic E-state index is 0.627. The van der Waals surface area contributed by atoms with Crippen LogP contribution in [0.3, 0.4) is 0 Å². The number of allylic oxidation sites excluding steroid dienone is 7. The molecule has 0 unspecified atom stereocenters. The molecule has 22 heavy (non-hydrogen) atoms. The fraction of sp³-hybridized carbons (Fsp3) is 0.263. The quantitative estimate of drug-likeness (QED) is 0.426. The zero-order valence-electron chi connectivity index (χ0n) is 13.1. The standard InChI is InChI=1S/C19H21F3/c1-15(2)16(3)9-7-5-4-6-8-10-17-11-13-18(14-12-17)19(20,21)22/h4-8,10-14H,9H2,1-3H3/b6-4+,7-5+,10-8+. The smallest absolute Gasteiger partial charge is 0.166 e. The van der Waals surface area contributed by atoms with Gasteiger partial charge in [-0.3, -0.25) is 0 Å². The summed E-state index contributed by atoms with van der Waals surface area (Å²) in [6, 6.07) is 5.10. The van der Waals surface area contributed by atoms with Crippen LogP contribution in [-0.4, -0.2) is 0 Å². The first kappa shape index (κ1) is 18.0. The van der Waals surface area contributed by atoms with Gasteiger partial charge in [0.1, 0.15) is 0 Å². The normalized spacial score (nSPS) is 12.6. The summed E-state index contributed by atoms with van der Waals surface area (Å²) in [6.07, 6.45) is 8.01. The molecule has 3 heteroatoms. The lowest BCUT2D eigenvalue weighted by Gasteiger charge is -2.05. The molecule has 0 aliphatic heterocycles. The van der Waals surface area contributed by atoms with Gasteiger partial charge in [-0.25, -0.2) is 0 Å². The highest BCUT2D eigenvalue weighted by atomic mass is 19.4. The maximum atomic E-state index is 12.4. The fourth-order valence-corrected chi connectivity index (χ4v) is 1.61. The zero-order chi connectivity index (χ0) is 16.6. The van der Waals surface area contributed by atoms with Gasteiger partial charge in [0.15, 0.2) is 0 Å². The van der Waals surface area contributed by atoms with Crippen molar-refractivity contribution in [1.29, 1.82) is 0 Å². The molecule has 0 spiro atoms. The molecule has 0 nitrogen and oxygen atoms in total. The predicted molar refractivity (Wildman–Crippen MR) is 87.4 cm³/mol. The summed E-state index contributed by atoms with van der Waals surface area (Å²) < 4.78 is 37.2. The number of alkyl halides is 3. The second kappa shape index (κ2) is 8.42. The molecule has 0 aliphatic carbocycles. The molecular formula is C19H21F3. The molecule has 1 rings (SSSR count). The van der Waals surface area contributed by atoms with E-state index in [0.29, 0.717) is 0 Å². The van der Waals surface area contributed by atoms with Crippen LogP contribution in [0, 0.1) is 0 Å². The van der Waals surface area contributed by atoms with E-state index in [1.165, 1.54) is 23.3 Å². The summed E-state index contributed by atoms with van der Waals surface area (Å²) in [5.74, 6) is 0. The lowest BCUT2D eigenvalue weighted by atomic mass is 10.1. The lowest BCUT2D eigenvalue weighted by molar-refractivity contribution is -0.137. The number of benzene rings is 1. The van der Waals surface area contributed by atoms with Crippen LogP contribution in [-0.2, 0) is 6.18 Å². The average molecular weight is 306 g/mol. The number of halogens is 3. The van der Waals surface area contributed by atoms with Gasteiger partial charge in [-0.15, -0.1) is 0 Å². The van der Waals surface area contributed by atoms with Crippen molar-refractivity contribution in [1.82, 2.24) is 0 Å². The van der Waals surface area contributed by atoms with Gasteiger partial charge in [0, 0.05) is 0 Å². The highest BCUT2D eigenvalue weighted by Gasteiger charge is 2.29. The maximum absolute atomic E-state index is 12.4. The Hall–Kier alpha value is -2.03. The second-order valence-corrected chi connectivity index (χ2v) is 5.28. The van der Waals surface area contributed by atoms with E-state index >= 15 is 0 Å². The summed E-state index contributed by atoms with van der Waals surface area (Å²) in [4.78, 5) is 0. The Morgan fingerprint density at radius 3 is 2.05 bits per heavy atom. The zero-order valence-corrected chi connectivity index (χ0v) is 13.1. The van der Waals surface area contributed by atoms with Crippen LogP contribution in [0.2, 0.25) is 0 Å². The van der Waals surface area contributed by atoms with Crippen molar-refractivity contribution in [2.45, 2.75) is 33.4 Å². The highest BCUT2D eigenvalue weighted by Crippen LogP contribution is 2.29. The first-order chi connectivity index (χ1) is 10.3. The largest absolute Gasteiger partial charge is 0.416 e. The molecule has 0 radical (unpaired) electrons. The SMILES string of the molecule is CC(C)=C(C)C/C=C/C=C/C=C/c1ccc(C(F)(F)F)cc1. The Morgan fingerprint density at radius 1 is 0.909 bits per heavy atom. The molecule has 0 fully saturated rings. The number of hydrogen-bond donors (Lipinski definition) is 0. The van der Waals surface area contributed by atoms with Crippen molar-refractivity contribution >= 4 is 6.08 Å². The minimum atomic E-state index is -4.28. The van der Waals surface area contributed by atoms with Crippen LogP contribution in [0.25, 0.3) is 6.08 Å². The van der Waals surface area contributed by atoms with Crippen LogP contribution in [0.1, 0.15) is 38.3 Å². The molecular weight excluding hydrogens is 285 g/mol. The van der Waals surface area contributed by atoms with Gasteiger partial charge in [0.05, 0.1) is 5.56 Å². The summed E-state index contributed by atoms with van der Waals surface area (Å²) in [5.41, 5.74) is 2.79. The van der Waals surface area contributed by atoms with Crippen LogP contribution in [0.15, 0.2) is 65.8 Å². The van der Waals surface area contributed by atoms with Crippen LogP contribution >= 0.6 is 0 Å². The summed E-state index contributed by atoms with van der Waals surface area (Å²) in [6.45, 7) is 6.28. The molecule has 0 saturated carbocycles. The van der Waals surface area contributed by atoms with E-state index in [2.05, 4.69) is 26.8 Å². The first-order valence-corrected chi connectivity index (χ1v) is 7.11. The van der Waals surface area contributed by atoms with Crippen molar-refractivity contribution in [2.75, 3.05) is 0 Å². The molecule has 1 aromatic rings. The van der Waals surface area contributed by atoms with E-state index in [4.69, 9.17) is 0 Å². The Morgan fingerprint density at radius 2 is 1.50 bits per heavy atom. The van der Waals surface area contributed by atoms with Gasteiger partial charge in [-0.1, -0.05) is 59.7 Å². The molecule has 0 N–H and O–H groups in total. The van der Waals surface area contributed by atoms with Crippen LogP contribution in [0.4, 0.5) is 13.2 Å². The summed E-state index contributed by atoms with van der Waals surface area (Å²) in [7, 11) is 0. The molecule has 118 valence electrons. The molecule has 0 amide bonds. The Bertz CT molecular complexity index is 578. The molecule has 1 aromatic carbocycles. The third kappa shape index (κ3) is 6.61. The molecule has 0 bridgehead atoms. The van der Waals surface area contributed by atoms with E-state index in [9.17, 15) is 13.2 Å². The predicted octanol–water partition coefficient (Wildman–Crippen LogP) is 6.58. The highest BCUT2D eigenvalue weighted by molar-refractivity contribution is 5.51. The van der Waals surface area contributed by atoms with Gasteiger partial charge < -0.3 is 0 Å². The van der Waals surface area contributed by atoms with Crippen molar-refractivity contribution in [2.24, 2.45) is 0 Å². The van der Waals surface area contributed by atoms with Crippen LogP contribution < -0.4 is 0 Å². The topological polar surface area (TPSA) is 0 Å². The fourth-order valence-electron chi connectivity index (χ4n) is 1.61. The molecule has 0 aliphatic rings. The van der Waals surface area contributed by atoms with Gasteiger partial charge >= 0.3 is 6.18 Å². The first-order valence-electron chi connectivity index (χ1n) is 7.11. The lowest BCUT2D eigenvalue weighted by Crippen LogP contribution is -2.03. The molecule has 0 heterocycles. The van der Waals surface area contributed by atoms with E-state index in [-0.39, 0.29) is 0 Å². The summed E-state index contributed by atoms with van der Waals surface area (Å²) in [5, 5.41) is 0. The van der Waals surface area contributed by atoms with Gasteiger partial charge in [-0.2, -0.15) is 13.2 Å². The van der Waals surface area contributed by atoms with E-state index in [0.717, 1.165) is 24.1 Å². The Kier molecular flexibility index (Phi) is 6.90. The van der Waals surface area contributed by atoms with Crippen molar-refractivity contribution in [3.05, 3.63) is 76.9 Å². The third-order valence-electron chi connectivity index (χ3n) is 3.27. The van der Waals surface area contributed by atoms with Crippen molar-refractivity contribution in [3.8, 4) is 0 Å². The van der Waals surface area contributed by atoms with Crippen LogP contribution in [0.5, 0.6) is 0 Å². The van der Waals surface area contributed by atoms with E-state index in [1.54, 1.807) is 12.2 Å². The van der Waals surface area contributed by atoms with E-state index in [1.807, 2.05) is 18.2 Å². The summed E-state index contributed by atoms with van der Waals surface area (Å²) >= 11 is 0. The van der Waals surface area contributed by atoms with Gasteiger partial charge in [0.25, 0.3) is 0 Å². The number of rotatable bonds is 5. The monoisotopic (exact) mass is 306 g/mol. The Balaban J connectivity index is 2.51.